The van der Waals surface area contributed by atoms with Crippen LogP contribution in [0.3, 0.4) is 0 Å². The minimum absolute atomic E-state index is 0.460. The first-order valence-corrected chi connectivity index (χ1v) is 8.27. The lowest BCUT2D eigenvalue weighted by Gasteiger charge is -2.03. The highest BCUT2D eigenvalue weighted by Crippen LogP contribution is 2.29. The highest BCUT2D eigenvalue weighted by atomic mass is 35.5. The second-order valence-electron chi connectivity index (χ2n) is 5.02. The van der Waals surface area contributed by atoms with Crippen molar-refractivity contribution in [3.05, 3.63) is 64.5 Å². The van der Waals surface area contributed by atoms with Crippen molar-refractivity contribution in [1.82, 2.24) is 10.2 Å². The molecule has 22 heavy (non-hydrogen) atoms. The SMILES string of the molecule is Cc1ccc(SCc2nnc(-c3ccccc3Cl)o2)cc1C. The molecule has 0 N–H and O–H groups in total. The van der Waals surface area contributed by atoms with Gasteiger partial charge >= 0.3 is 0 Å². The summed E-state index contributed by atoms with van der Waals surface area (Å²) >= 11 is 7.82. The van der Waals surface area contributed by atoms with Crippen molar-refractivity contribution >= 4 is 23.4 Å². The topological polar surface area (TPSA) is 38.9 Å². The van der Waals surface area contributed by atoms with Gasteiger partial charge in [0.1, 0.15) is 0 Å². The summed E-state index contributed by atoms with van der Waals surface area (Å²) in [7, 11) is 0. The zero-order chi connectivity index (χ0) is 15.5. The van der Waals surface area contributed by atoms with Crippen molar-refractivity contribution in [2.24, 2.45) is 0 Å². The first-order valence-electron chi connectivity index (χ1n) is 6.91. The van der Waals surface area contributed by atoms with Gasteiger partial charge in [0.2, 0.25) is 11.8 Å². The molecule has 0 unspecified atom stereocenters. The predicted octanol–water partition coefficient (Wildman–Crippen LogP) is 5.30. The number of hydrogen-bond donors (Lipinski definition) is 0. The van der Waals surface area contributed by atoms with E-state index in [1.165, 1.54) is 16.0 Å². The van der Waals surface area contributed by atoms with Gasteiger partial charge in [0.25, 0.3) is 0 Å². The molecule has 0 aliphatic carbocycles. The van der Waals surface area contributed by atoms with Crippen molar-refractivity contribution in [2.75, 3.05) is 0 Å². The van der Waals surface area contributed by atoms with Crippen LogP contribution in [0.5, 0.6) is 0 Å². The average molecular weight is 331 g/mol. The van der Waals surface area contributed by atoms with Crippen molar-refractivity contribution < 1.29 is 4.42 Å². The fourth-order valence-electron chi connectivity index (χ4n) is 2.00. The monoisotopic (exact) mass is 330 g/mol. The first kappa shape index (κ1) is 15.1. The van der Waals surface area contributed by atoms with Crippen LogP contribution in [0.15, 0.2) is 51.8 Å². The van der Waals surface area contributed by atoms with E-state index < -0.39 is 0 Å². The molecule has 0 saturated heterocycles. The summed E-state index contributed by atoms with van der Waals surface area (Å²) in [4.78, 5) is 1.19. The summed E-state index contributed by atoms with van der Waals surface area (Å²) in [5, 5.41) is 8.78. The van der Waals surface area contributed by atoms with E-state index in [4.69, 9.17) is 16.0 Å². The number of aromatic nitrogens is 2. The summed E-state index contributed by atoms with van der Waals surface area (Å²) in [6.07, 6.45) is 0. The Morgan fingerprint density at radius 3 is 2.64 bits per heavy atom. The molecule has 3 rings (SSSR count). The summed E-state index contributed by atoms with van der Waals surface area (Å²) in [6.45, 7) is 4.22. The van der Waals surface area contributed by atoms with Gasteiger partial charge in [0, 0.05) is 4.90 Å². The van der Waals surface area contributed by atoms with Crippen molar-refractivity contribution in [1.29, 1.82) is 0 Å². The quantitative estimate of drug-likeness (QED) is 0.608. The van der Waals surface area contributed by atoms with Gasteiger partial charge in [-0.15, -0.1) is 22.0 Å². The number of nitrogens with zero attached hydrogens (tertiary/aromatic N) is 2. The zero-order valence-corrected chi connectivity index (χ0v) is 13.9. The molecule has 0 atom stereocenters. The van der Waals surface area contributed by atoms with Crippen LogP contribution in [-0.4, -0.2) is 10.2 Å². The molecule has 0 saturated carbocycles. The van der Waals surface area contributed by atoms with Crippen LogP contribution in [0.2, 0.25) is 5.02 Å². The van der Waals surface area contributed by atoms with Gasteiger partial charge in [-0.25, -0.2) is 0 Å². The lowest BCUT2D eigenvalue weighted by atomic mass is 10.1. The fourth-order valence-corrected chi connectivity index (χ4v) is 3.05. The summed E-state index contributed by atoms with van der Waals surface area (Å²) in [5.74, 6) is 1.69. The normalized spacial score (nSPS) is 10.9. The van der Waals surface area contributed by atoms with E-state index in [9.17, 15) is 0 Å². The Hall–Kier alpha value is -1.78. The first-order chi connectivity index (χ1) is 10.6. The molecule has 1 aromatic heterocycles. The minimum Gasteiger partial charge on any atom is -0.420 e. The number of thioether (sulfide) groups is 1. The largest absolute Gasteiger partial charge is 0.420 e. The Morgan fingerprint density at radius 1 is 1.05 bits per heavy atom. The number of halogens is 1. The highest BCUT2D eigenvalue weighted by molar-refractivity contribution is 7.98. The van der Waals surface area contributed by atoms with E-state index in [0.717, 1.165) is 5.56 Å². The van der Waals surface area contributed by atoms with E-state index >= 15 is 0 Å². The van der Waals surface area contributed by atoms with Crippen LogP contribution in [0.4, 0.5) is 0 Å². The standard InChI is InChI=1S/C17H15ClN2OS/c1-11-7-8-13(9-12(11)2)22-10-16-19-20-17(21-16)14-5-3-4-6-15(14)18/h3-9H,10H2,1-2H3. The third-order valence-corrected chi connectivity index (χ3v) is 4.72. The predicted molar refractivity (Wildman–Crippen MR) is 90.2 cm³/mol. The van der Waals surface area contributed by atoms with Crippen LogP contribution < -0.4 is 0 Å². The van der Waals surface area contributed by atoms with Crippen LogP contribution in [0, 0.1) is 13.8 Å². The number of hydrogen-bond acceptors (Lipinski definition) is 4. The van der Waals surface area contributed by atoms with Gasteiger partial charge in [-0.2, -0.15) is 0 Å². The molecule has 0 radical (unpaired) electrons. The van der Waals surface area contributed by atoms with E-state index in [2.05, 4.69) is 42.2 Å². The maximum atomic E-state index is 6.14. The van der Waals surface area contributed by atoms with Gasteiger partial charge in [-0.3, -0.25) is 0 Å². The van der Waals surface area contributed by atoms with Gasteiger partial charge in [0.15, 0.2) is 0 Å². The molecule has 0 amide bonds. The van der Waals surface area contributed by atoms with Gasteiger partial charge < -0.3 is 4.42 Å². The molecule has 0 aliphatic heterocycles. The molecule has 0 aliphatic rings. The molecule has 0 fully saturated rings. The molecular formula is C17H15ClN2OS. The average Bonchev–Trinajstić information content (AvgIpc) is 2.98. The number of rotatable bonds is 4. The Balaban J connectivity index is 1.72. The lowest BCUT2D eigenvalue weighted by molar-refractivity contribution is 0.528. The molecule has 112 valence electrons. The zero-order valence-electron chi connectivity index (χ0n) is 12.3. The second-order valence-corrected chi connectivity index (χ2v) is 6.47. The summed E-state index contributed by atoms with van der Waals surface area (Å²) < 4.78 is 5.70. The van der Waals surface area contributed by atoms with Crippen molar-refractivity contribution in [3.8, 4) is 11.5 Å². The molecule has 3 aromatic rings. The Morgan fingerprint density at radius 2 is 1.86 bits per heavy atom. The van der Waals surface area contributed by atoms with Crippen LogP contribution >= 0.6 is 23.4 Å². The van der Waals surface area contributed by atoms with E-state index in [1.807, 2.05) is 24.3 Å². The van der Waals surface area contributed by atoms with Gasteiger partial charge in [-0.1, -0.05) is 29.8 Å². The molecule has 0 bridgehead atoms. The smallest absolute Gasteiger partial charge is 0.249 e. The lowest BCUT2D eigenvalue weighted by Crippen LogP contribution is -1.83. The highest BCUT2D eigenvalue weighted by Gasteiger charge is 2.11. The van der Waals surface area contributed by atoms with Crippen LogP contribution in [-0.2, 0) is 5.75 Å². The van der Waals surface area contributed by atoms with Crippen LogP contribution in [0.25, 0.3) is 11.5 Å². The maximum Gasteiger partial charge on any atom is 0.249 e. The van der Waals surface area contributed by atoms with Gasteiger partial charge in [0.05, 0.1) is 16.3 Å². The fraction of sp³-hybridized carbons (Fsp3) is 0.176. The van der Waals surface area contributed by atoms with E-state index in [-0.39, 0.29) is 0 Å². The van der Waals surface area contributed by atoms with Crippen molar-refractivity contribution in [2.45, 2.75) is 24.5 Å². The Bertz CT molecular complexity index is 801. The molecule has 1 heterocycles. The molecule has 3 nitrogen and oxygen atoms in total. The number of aryl methyl sites for hydroxylation is 2. The minimum atomic E-state index is 0.460. The molecule has 2 aromatic carbocycles. The van der Waals surface area contributed by atoms with Gasteiger partial charge in [-0.05, 0) is 49.2 Å². The third-order valence-electron chi connectivity index (χ3n) is 3.41. The summed E-state index contributed by atoms with van der Waals surface area (Å²) in [5.41, 5.74) is 3.34. The Labute approximate surface area is 138 Å². The maximum absolute atomic E-state index is 6.14. The third kappa shape index (κ3) is 3.34. The molecule has 5 heteroatoms. The Kier molecular flexibility index (Phi) is 4.50. The van der Waals surface area contributed by atoms with Crippen LogP contribution in [0.1, 0.15) is 17.0 Å². The van der Waals surface area contributed by atoms with Crippen molar-refractivity contribution in [3.63, 3.8) is 0 Å². The van der Waals surface area contributed by atoms with E-state index in [1.54, 1.807) is 11.8 Å². The molecular weight excluding hydrogens is 316 g/mol. The number of benzene rings is 2. The molecule has 0 spiro atoms. The summed E-state index contributed by atoms with van der Waals surface area (Å²) in [6, 6.07) is 13.9. The second kappa shape index (κ2) is 6.55. The van der Waals surface area contributed by atoms with E-state index in [0.29, 0.717) is 22.6 Å².